The van der Waals surface area contributed by atoms with Crippen LogP contribution in [-0.4, -0.2) is 16.3 Å². The monoisotopic (exact) mass is 366 g/mol. The lowest BCUT2D eigenvalue weighted by Crippen LogP contribution is -2.39. The highest BCUT2D eigenvalue weighted by Crippen LogP contribution is 2.46. The molecule has 0 spiro atoms. The smallest absolute Gasteiger partial charge is 0.213 e. The zero-order chi connectivity index (χ0) is 18.9. The van der Waals surface area contributed by atoms with Crippen LogP contribution in [0.3, 0.4) is 0 Å². The number of carbonyl (C=O) groups is 1. The van der Waals surface area contributed by atoms with Crippen LogP contribution in [-0.2, 0) is 4.79 Å². The maximum atomic E-state index is 12.2. The van der Waals surface area contributed by atoms with E-state index in [2.05, 4.69) is 4.98 Å². The van der Waals surface area contributed by atoms with Crippen molar-refractivity contribution < 1.29 is 9.53 Å². The molecule has 4 nitrogen and oxygen atoms in total. The molecule has 1 amide bonds. The molecule has 4 heteroatoms. The van der Waals surface area contributed by atoms with E-state index in [1.54, 1.807) is 11.1 Å². The SMILES string of the molecule is O=CN1[C@H](c2ccccc2)c2ccc3cccnc3c2O[C@H]1c1ccccc1. The van der Waals surface area contributed by atoms with Gasteiger partial charge in [0, 0.05) is 22.7 Å². The van der Waals surface area contributed by atoms with Crippen molar-refractivity contribution in [3.8, 4) is 5.75 Å². The summed E-state index contributed by atoms with van der Waals surface area (Å²) >= 11 is 0. The second-order valence-electron chi connectivity index (χ2n) is 6.81. The fourth-order valence-electron chi connectivity index (χ4n) is 3.90. The number of hydrogen-bond donors (Lipinski definition) is 0. The van der Waals surface area contributed by atoms with Gasteiger partial charge in [-0.25, -0.2) is 0 Å². The molecule has 0 radical (unpaired) electrons. The van der Waals surface area contributed by atoms with Crippen LogP contribution in [0.1, 0.15) is 29.0 Å². The van der Waals surface area contributed by atoms with Crippen molar-refractivity contribution in [2.45, 2.75) is 12.3 Å². The van der Waals surface area contributed by atoms with E-state index < -0.39 is 6.23 Å². The van der Waals surface area contributed by atoms with Gasteiger partial charge in [-0.05, 0) is 11.6 Å². The van der Waals surface area contributed by atoms with Gasteiger partial charge in [0.1, 0.15) is 5.52 Å². The van der Waals surface area contributed by atoms with Crippen LogP contribution in [0.15, 0.2) is 91.1 Å². The fraction of sp³-hybridized carbons (Fsp3) is 0.0833. The van der Waals surface area contributed by atoms with Crippen LogP contribution in [0.5, 0.6) is 5.75 Å². The van der Waals surface area contributed by atoms with Crippen molar-refractivity contribution in [2.24, 2.45) is 0 Å². The molecule has 1 aliphatic rings. The number of fused-ring (bicyclic) bond motifs is 3. The van der Waals surface area contributed by atoms with E-state index in [0.29, 0.717) is 0 Å². The molecule has 5 rings (SSSR count). The van der Waals surface area contributed by atoms with E-state index in [1.807, 2.05) is 84.9 Å². The first kappa shape index (κ1) is 16.5. The normalized spacial score (nSPS) is 18.4. The predicted molar refractivity (Wildman–Crippen MR) is 108 cm³/mol. The van der Waals surface area contributed by atoms with Crippen LogP contribution in [0.25, 0.3) is 10.9 Å². The van der Waals surface area contributed by atoms with Gasteiger partial charge in [0.2, 0.25) is 12.6 Å². The number of amides is 1. The van der Waals surface area contributed by atoms with E-state index in [-0.39, 0.29) is 6.04 Å². The summed E-state index contributed by atoms with van der Waals surface area (Å²) in [6, 6.07) is 27.6. The van der Waals surface area contributed by atoms with Crippen molar-refractivity contribution >= 4 is 17.3 Å². The second kappa shape index (κ2) is 6.82. The largest absolute Gasteiger partial charge is 0.463 e. The Balaban J connectivity index is 1.77. The van der Waals surface area contributed by atoms with E-state index in [4.69, 9.17) is 4.74 Å². The molecule has 0 unspecified atom stereocenters. The minimum Gasteiger partial charge on any atom is -0.463 e. The molecule has 2 atom stereocenters. The van der Waals surface area contributed by atoms with Crippen LogP contribution in [0, 0.1) is 0 Å². The highest BCUT2D eigenvalue weighted by molar-refractivity contribution is 5.86. The third-order valence-electron chi connectivity index (χ3n) is 5.17. The third-order valence-corrected chi connectivity index (χ3v) is 5.17. The lowest BCUT2D eigenvalue weighted by molar-refractivity contribution is -0.131. The molecule has 0 aliphatic carbocycles. The van der Waals surface area contributed by atoms with Crippen molar-refractivity contribution in [1.29, 1.82) is 0 Å². The van der Waals surface area contributed by atoms with Crippen molar-refractivity contribution in [3.63, 3.8) is 0 Å². The number of benzene rings is 3. The number of hydrogen-bond acceptors (Lipinski definition) is 3. The highest BCUT2D eigenvalue weighted by atomic mass is 16.5. The van der Waals surface area contributed by atoms with Gasteiger partial charge in [-0.3, -0.25) is 14.7 Å². The maximum absolute atomic E-state index is 12.2. The second-order valence-corrected chi connectivity index (χ2v) is 6.81. The van der Waals surface area contributed by atoms with E-state index in [1.165, 1.54) is 0 Å². The number of ether oxygens (including phenoxy) is 1. The Bertz CT molecular complexity index is 1130. The minimum atomic E-state index is -0.524. The van der Waals surface area contributed by atoms with Crippen molar-refractivity contribution in [1.82, 2.24) is 9.88 Å². The van der Waals surface area contributed by atoms with Gasteiger partial charge in [-0.1, -0.05) is 78.9 Å². The number of rotatable bonds is 3. The van der Waals surface area contributed by atoms with Gasteiger partial charge >= 0.3 is 0 Å². The van der Waals surface area contributed by atoms with Crippen LogP contribution in [0.2, 0.25) is 0 Å². The van der Waals surface area contributed by atoms with Crippen LogP contribution < -0.4 is 4.74 Å². The summed E-state index contributed by atoms with van der Waals surface area (Å²) in [7, 11) is 0. The summed E-state index contributed by atoms with van der Waals surface area (Å²) in [5, 5.41) is 1.01. The fourth-order valence-corrected chi connectivity index (χ4v) is 3.90. The Labute approximate surface area is 163 Å². The molecule has 0 bridgehead atoms. The predicted octanol–water partition coefficient (Wildman–Crippen LogP) is 4.87. The first-order valence-corrected chi connectivity index (χ1v) is 9.24. The van der Waals surface area contributed by atoms with Gasteiger partial charge in [0.25, 0.3) is 0 Å². The molecule has 0 saturated carbocycles. The molecule has 1 aliphatic heterocycles. The topological polar surface area (TPSA) is 42.4 Å². The van der Waals surface area contributed by atoms with Gasteiger partial charge in [-0.15, -0.1) is 0 Å². The number of carbonyl (C=O) groups excluding carboxylic acids is 1. The molecule has 0 saturated heterocycles. The molecule has 4 aromatic rings. The van der Waals surface area contributed by atoms with Crippen molar-refractivity contribution in [2.75, 3.05) is 0 Å². The lowest BCUT2D eigenvalue weighted by Gasteiger charge is -2.41. The third kappa shape index (κ3) is 2.62. The van der Waals surface area contributed by atoms with E-state index in [9.17, 15) is 4.79 Å². The van der Waals surface area contributed by atoms with Gasteiger partial charge in [-0.2, -0.15) is 0 Å². The zero-order valence-electron chi connectivity index (χ0n) is 15.1. The Morgan fingerprint density at radius 3 is 2.25 bits per heavy atom. The Morgan fingerprint density at radius 2 is 1.54 bits per heavy atom. The number of pyridine rings is 1. The molecule has 28 heavy (non-hydrogen) atoms. The van der Waals surface area contributed by atoms with Crippen LogP contribution >= 0.6 is 0 Å². The molecule has 3 aromatic carbocycles. The summed E-state index contributed by atoms with van der Waals surface area (Å²) in [4.78, 5) is 18.5. The lowest BCUT2D eigenvalue weighted by atomic mass is 9.92. The molecule has 0 fully saturated rings. The summed E-state index contributed by atoms with van der Waals surface area (Å²) in [6.07, 6.45) is 2.12. The Kier molecular flexibility index (Phi) is 4.02. The standard InChI is InChI=1S/C24H18N2O2/c27-16-26-22(18-8-3-1-4-9-18)20-14-13-17-12-7-15-25-21(17)23(20)28-24(26)19-10-5-2-6-11-19/h1-16,22,24H/t22-,24+/m1/s1. The molecule has 1 aromatic heterocycles. The summed E-state index contributed by atoms with van der Waals surface area (Å²) < 4.78 is 6.42. The summed E-state index contributed by atoms with van der Waals surface area (Å²) in [6.45, 7) is 0. The van der Waals surface area contributed by atoms with Gasteiger partial charge < -0.3 is 4.74 Å². The van der Waals surface area contributed by atoms with E-state index >= 15 is 0 Å². The first-order valence-electron chi connectivity index (χ1n) is 9.24. The van der Waals surface area contributed by atoms with E-state index in [0.717, 1.165) is 39.8 Å². The Morgan fingerprint density at radius 1 is 0.821 bits per heavy atom. The molecular weight excluding hydrogens is 348 g/mol. The molecule has 136 valence electrons. The average Bonchev–Trinajstić information content (AvgIpc) is 2.78. The molecule has 0 N–H and O–H groups in total. The molecule has 2 heterocycles. The first-order chi connectivity index (χ1) is 13.9. The van der Waals surface area contributed by atoms with Gasteiger partial charge in [0.15, 0.2) is 5.75 Å². The Hall–Kier alpha value is -3.66. The van der Waals surface area contributed by atoms with Gasteiger partial charge in [0.05, 0.1) is 6.04 Å². The van der Waals surface area contributed by atoms with Crippen molar-refractivity contribution in [3.05, 3.63) is 108 Å². The number of aromatic nitrogens is 1. The minimum absolute atomic E-state index is 0.251. The quantitative estimate of drug-likeness (QED) is 0.486. The average molecular weight is 366 g/mol. The maximum Gasteiger partial charge on any atom is 0.213 e. The number of nitrogens with zero attached hydrogens (tertiary/aromatic N) is 2. The van der Waals surface area contributed by atoms with Crippen LogP contribution in [0.4, 0.5) is 0 Å². The molecular formula is C24H18N2O2. The zero-order valence-corrected chi connectivity index (χ0v) is 15.1. The summed E-state index contributed by atoms with van der Waals surface area (Å²) in [5.41, 5.74) is 3.72. The highest BCUT2D eigenvalue weighted by Gasteiger charge is 2.37. The summed E-state index contributed by atoms with van der Waals surface area (Å²) in [5.74, 6) is 0.735.